The number of nitrogens with zero attached hydrogens (tertiary/aromatic N) is 2. The van der Waals surface area contributed by atoms with Gasteiger partial charge in [0.15, 0.2) is 6.61 Å². The highest BCUT2D eigenvalue weighted by molar-refractivity contribution is 7.99. The summed E-state index contributed by atoms with van der Waals surface area (Å²) in [6, 6.07) is 16.5. The van der Waals surface area contributed by atoms with E-state index >= 15 is 0 Å². The molecule has 0 unspecified atom stereocenters. The number of carbonyl (C=O) groups excluding carboxylic acids is 2. The highest BCUT2D eigenvalue weighted by Gasteiger charge is 2.26. The first-order valence-corrected chi connectivity index (χ1v) is 10.5. The van der Waals surface area contributed by atoms with E-state index in [0.29, 0.717) is 40.9 Å². The normalized spacial score (nSPS) is 18.7. The molecule has 0 N–H and O–H groups in total. The second kappa shape index (κ2) is 9.62. The molecule has 2 atom stereocenters. The van der Waals surface area contributed by atoms with Crippen LogP contribution in [0.25, 0.3) is 0 Å². The topological polar surface area (TPSA) is 70.4 Å². The zero-order valence-electron chi connectivity index (χ0n) is 16.6. The van der Waals surface area contributed by atoms with E-state index in [-0.39, 0.29) is 12.5 Å². The number of benzene rings is 2. The molecule has 0 aromatic heterocycles. The van der Waals surface area contributed by atoms with Gasteiger partial charge in [0.2, 0.25) is 0 Å². The molecular weight excluding hydrogens is 384 g/mol. The summed E-state index contributed by atoms with van der Waals surface area (Å²) in [4.78, 5) is 28.4. The summed E-state index contributed by atoms with van der Waals surface area (Å²) in [6.45, 7) is 5.42. The Morgan fingerprint density at radius 1 is 1.07 bits per heavy atom. The van der Waals surface area contributed by atoms with Crippen molar-refractivity contribution >= 4 is 23.6 Å². The van der Waals surface area contributed by atoms with Gasteiger partial charge in [-0.1, -0.05) is 49.9 Å². The molecule has 1 heterocycles. The number of rotatable bonds is 5. The molecule has 1 aliphatic heterocycles. The van der Waals surface area contributed by atoms with Crippen molar-refractivity contribution in [2.24, 2.45) is 11.8 Å². The van der Waals surface area contributed by atoms with Crippen LogP contribution in [-0.2, 0) is 9.53 Å². The fourth-order valence-corrected chi connectivity index (χ4v) is 4.67. The summed E-state index contributed by atoms with van der Waals surface area (Å²) in [5, 5.41) is 9.28. The van der Waals surface area contributed by atoms with Crippen LogP contribution >= 0.6 is 11.8 Å². The number of ether oxygens (including phenoxy) is 1. The van der Waals surface area contributed by atoms with Crippen molar-refractivity contribution in [1.29, 1.82) is 5.26 Å². The molecule has 1 fully saturated rings. The van der Waals surface area contributed by atoms with Crippen molar-refractivity contribution < 1.29 is 14.3 Å². The van der Waals surface area contributed by atoms with E-state index < -0.39 is 5.97 Å². The summed E-state index contributed by atoms with van der Waals surface area (Å²) in [5.74, 6) is 0.220. The molecule has 1 saturated heterocycles. The summed E-state index contributed by atoms with van der Waals surface area (Å²) >= 11 is 1.34. The van der Waals surface area contributed by atoms with E-state index in [2.05, 4.69) is 19.9 Å². The van der Waals surface area contributed by atoms with Crippen LogP contribution in [0, 0.1) is 23.2 Å². The molecule has 29 heavy (non-hydrogen) atoms. The molecule has 6 heteroatoms. The first-order valence-electron chi connectivity index (χ1n) is 9.68. The zero-order valence-corrected chi connectivity index (χ0v) is 17.4. The van der Waals surface area contributed by atoms with Crippen LogP contribution < -0.4 is 0 Å². The Bertz CT molecular complexity index is 928. The number of hydrogen-bond donors (Lipinski definition) is 0. The van der Waals surface area contributed by atoms with E-state index in [1.807, 2.05) is 24.3 Å². The summed E-state index contributed by atoms with van der Waals surface area (Å²) in [5.41, 5.74) is 0.933. The van der Waals surface area contributed by atoms with Gasteiger partial charge < -0.3 is 9.64 Å². The standard InChI is InChI=1S/C23H24N2O3S/c1-16-11-17(2)14-25(13-16)22(26)15-28-23(27)19-8-4-6-10-21(19)29-20-9-5-3-7-18(20)12-24/h3-10,16-17H,11,13-15H2,1-2H3/t16-,17-/m1/s1. The Hall–Kier alpha value is -2.78. The summed E-state index contributed by atoms with van der Waals surface area (Å²) in [6.07, 6.45) is 1.11. The van der Waals surface area contributed by atoms with E-state index in [0.717, 1.165) is 11.3 Å². The average molecular weight is 409 g/mol. The van der Waals surface area contributed by atoms with E-state index in [1.165, 1.54) is 11.8 Å². The SMILES string of the molecule is C[C@@H]1C[C@@H](C)CN(C(=O)COC(=O)c2ccccc2Sc2ccccc2C#N)C1. The minimum absolute atomic E-state index is 0.156. The molecule has 0 saturated carbocycles. The third-order valence-electron chi connectivity index (χ3n) is 4.88. The Labute approximate surface area is 175 Å². The van der Waals surface area contributed by atoms with Gasteiger partial charge in [-0.05, 0) is 42.5 Å². The van der Waals surface area contributed by atoms with E-state index in [4.69, 9.17) is 4.74 Å². The number of carbonyl (C=O) groups is 2. The molecule has 0 radical (unpaired) electrons. The quantitative estimate of drug-likeness (QED) is 0.687. The minimum Gasteiger partial charge on any atom is -0.452 e. The lowest BCUT2D eigenvalue weighted by molar-refractivity contribution is -0.137. The Kier molecular flexibility index (Phi) is 6.95. The monoisotopic (exact) mass is 408 g/mol. The summed E-state index contributed by atoms with van der Waals surface area (Å²) in [7, 11) is 0. The van der Waals surface area contributed by atoms with Gasteiger partial charge in [0.25, 0.3) is 5.91 Å². The van der Waals surface area contributed by atoms with E-state index in [1.54, 1.807) is 29.2 Å². The zero-order chi connectivity index (χ0) is 20.8. The van der Waals surface area contributed by atoms with Crippen molar-refractivity contribution in [3.05, 3.63) is 59.7 Å². The van der Waals surface area contributed by atoms with Gasteiger partial charge in [-0.3, -0.25) is 4.79 Å². The Morgan fingerprint density at radius 3 is 2.38 bits per heavy atom. The molecule has 0 spiro atoms. The maximum atomic E-state index is 12.7. The molecule has 2 aromatic rings. The van der Waals surface area contributed by atoms with Gasteiger partial charge >= 0.3 is 5.97 Å². The van der Waals surface area contributed by atoms with E-state index in [9.17, 15) is 14.9 Å². The third kappa shape index (κ3) is 5.39. The van der Waals surface area contributed by atoms with Crippen LogP contribution in [-0.4, -0.2) is 36.5 Å². The number of amides is 1. The fourth-order valence-electron chi connectivity index (χ4n) is 3.65. The van der Waals surface area contributed by atoms with Gasteiger partial charge in [0.1, 0.15) is 6.07 Å². The number of esters is 1. The lowest BCUT2D eigenvalue weighted by atomic mass is 9.92. The number of hydrogen-bond acceptors (Lipinski definition) is 5. The second-order valence-electron chi connectivity index (χ2n) is 7.53. The smallest absolute Gasteiger partial charge is 0.339 e. The highest BCUT2D eigenvalue weighted by atomic mass is 32.2. The van der Waals surface area contributed by atoms with Gasteiger partial charge in [0, 0.05) is 22.9 Å². The molecule has 0 bridgehead atoms. The molecule has 2 aromatic carbocycles. The number of likely N-dealkylation sites (tertiary alicyclic amines) is 1. The first-order chi connectivity index (χ1) is 14.0. The average Bonchev–Trinajstić information content (AvgIpc) is 2.72. The van der Waals surface area contributed by atoms with Crippen LogP contribution in [0.4, 0.5) is 0 Å². The molecule has 0 aliphatic carbocycles. The number of piperidine rings is 1. The molecule has 1 amide bonds. The third-order valence-corrected chi connectivity index (χ3v) is 6.03. The largest absolute Gasteiger partial charge is 0.452 e. The maximum absolute atomic E-state index is 12.7. The lowest BCUT2D eigenvalue weighted by Crippen LogP contribution is -2.44. The van der Waals surface area contributed by atoms with Gasteiger partial charge in [-0.15, -0.1) is 0 Å². The van der Waals surface area contributed by atoms with Gasteiger partial charge in [-0.2, -0.15) is 5.26 Å². The fraction of sp³-hybridized carbons (Fsp3) is 0.348. The Morgan fingerprint density at radius 2 is 1.69 bits per heavy atom. The van der Waals surface area contributed by atoms with Crippen LogP contribution in [0.5, 0.6) is 0 Å². The molecule has 3 rings (SSSR count). The van der Waals surface area contributed by atoms with Crippen LogP contribution in [0.1, 0.15) is 36.2 Å². The predicted octanol–water partition coefficient (Wildman–Crippen LogP) is 4.37. The predicted molar refractivity (Wildman–Crippen MR) is 112 cm³/mol. The van der Waals surface area contributed by atoms with Crippen molar-refractivity contribution in [2.45, 2.75) is 30.1 Å². The molecule has 150 valence electrons. The highest BCUT2D eigenvalue weighted by Crippen LogP contribution is 2.33. The molecule has 5 nitrogen and oxygen atoms in total. The number of nitriles is 1. The van der Waals surface area contributed by atoms with Crippen LogP contribution in [0.3, 0.4) is 0 Å². The van der Waals surface area contributed by atoms with Crippen molar-refractivity contribution in [2.75, 3.05) is 19.7 Å². The minimum atomic E-state index is -0.533. The van der Waals surface area contributed by atoms with Gasteiger partial charge in [-0.25, -0.2) is 4.79 Å². The first kappa shape index (κ1) is 20.9. The van der Waals surface area contributed by atoms with Crippen molar-refractivity contribution in [1.82, 2.24) is 4.90 Å². The van der Waals surface area contributed by atoms with Crippen molar-refractivity contribution in [3.8, 4) is 6.07 Å². The van der Waals surface area contributed by atoms with Gasteiger partial charge in [0.05, 0.1) is 11.1 Å². The second-order valence-corrected chi connectivity index (χ2v) is 8.61. The molecular formula is C23H24N2O3S. The van der Waals surface area contributed by atoms with Crippen LogP contribution in [0.2, 0.25) is 0 Å². The van der Waals surface area contributed by atoms with Crippen LogP contribution in [0.15, 0.2) is 58.3 Å². The summed E-state index contributed by atoms with van der Waals surface area (Å²) < 4.78 is 5.34. The van der Waals surface area contributed by atoms with Crippen molar-refractivity contribution in [3.63, 3.8) is 0 Å². The Balaban J connectivity index is 1.67. The molecule has 1 aliphatic rings. The maximum Gasteiger partial charge on any atom is 0.339 e. The lowest BCUT2D eigenvalue weighted by Gasteiger charge is -2.34.